The van der Waals surface area contributed by atoms with Crippen LogP contribution in [-0.4, -0.2) is 59.6 Å². The summed E-state index contributed by atoms with van der Waals surface area (Å²) >= 11 is 4.92. The van der Waals surface area contributed by atoms with E-state index in [0.29, 0.717) is 6.54 Å². The van der Waals surface area contributed by atoms with E-state index in [1.54, 1.807) is 0 Å². The number of nitrogens with zero attached hydrogens (tertiary/aromatic N) is 2. The van der Waals surface area contributed by atoms with Crippen molar-refractivity contribution in [1.82, 2.24) is 9.80 Å². The van der Waals surface area contributed by atoms with Crippen LogP contribution in [0.2, 0.25) is 0 Å². The van der Waals surface area contributed by atoms with Gasteiger partial charge in [0, 0.05) is 38.1 Å². The second-order valence-corrected chi connectivity index (χ2v) is 7.08. The van der Waals surface area contributed by atoms with E-state index in [1.807, 2.05) is 23.3 Å². The number of halogens is 1. The molecule has 1 fully saturated rings. The van der Waals surface area contributed by atoms with E-state index in [1.165, 1.54) is 11.3 Å². The molecule has 19 heavy (non-hydrogen) atoms. The average molecular weight is 347 g/mol. The average Bonchev–Trinajstić information content (AvgIpc) is 2.85. The minimum Gasteiger partial charge on any atom is -0.392 e. The summed E-state index contributed by atoms with van der Waals surface area (Å²) < 4.78 is 0.987. The van der Waals surface area contributed by atoms with Crippen LogP contribution in [0, 0.1) is 0 Å². The molecular formula is C13H19BrN2O2S. The Morgan fingerprint density at radius 2 is 2.16 bits per heavy atom. The molecule has 1 aromatic heterocycles. The molecule has 1 unspecified atom stereocenters. The molecule has 1 atom stereocenters. The van der Waals surface area contributed by atoms with Gasteiger partial charge in [0.05, 0.1) is 15.5 Å². The standard InChI is InChI=1S/C13H19BrN2O2S/c1-2-11(17)8-15-3-5-16(6-4-15)13(18)10-7-12(14)19-9-10/h7,9,11,17H,2-6,8H2,1H3. The van der Waals surface area contributed by atoms with Crippen molar-refractivity contribution in [2.75, 3.05) is 32.7 Å². The molecule has 2 rings (SSSR count). The minimum absolute atomic E-state index is 0.109. The monoisotopic (exact) mass is 346 g/mol. The number of carbonyl (C=O) groups excluding carboxylic acids is 1. The van der Waals surface area contributed by atoms with Crippen LogP contribution in [0.15, 0.2) is 15.2 Å². The molecule has 0 saturated carbocycles. The van der Waals surface area contributed by atoms with Crippen molar-refractivity contribution >= 4 is 33.2 Å². The highest BCUT2D eigenvalue weighted by molar-refractivity contribution is 9.11. The summed E-state index contributed by atoms with van der Waals surface area (Å²) in [4.78, 5) is 16.4. The summed E-state index contributed by atoms with van der Waals surface area (Å²) in [6, 6.07) is 1.88. The summed E-state index contributed by atoms with van der Waals surface area (Å²) in [6.07, 6.45) is 0.525. The van der Waals surface area contributed by atoms with E-state index < -0.39 is 0 Å². The molecule has 1 amide bonds. The third kappa shape index (κ3) is 4.02. The highest BCUT2D eigenvalue weighted by atomic mass is 79.9. The summed E-state index contributed by atoms with van der Waals surface area (Å²) in [6.45, 7) is 5.86. The zero-order valence-electron chi connectivity index (χ0n) is 11.0. The van der Waals surface area contributed by atoms with Gasteiger partial charge in [-0.05, 0) is 28.4 Å². The van der Waals surface area contributed by atoms with Crippen molar-refractivity contribution in [3.05, 3.63) is 20.8 Å². The van der Waals surface area contributed by atoms with Crippen molar-refractivity contribution in [2.45, 2.75) is 19.4 Å². The predicted molar refractivity (Wildman–Crippen MR) is 80.7 cm³/mol. The molecule has 4 nitrogen and oxygen atoms in total. The summed E-state index contributed by atoms with van der Waals surface area (Å²) in [5, 5.41) is 11.5. The molecule has 1 N–H and O–H groups in total. The lowest BCUT2D eigenvalue weighted by Crippen LogP contribution is -2.50. The first kappa shape index (κ1) is 15.0. The molecular weight excluding hydrogens is 328 g/mol. The zero-order valence-corrected chi connectivity index (χ0v) is 13.4. The highest BCUT2D eigenvalue weighted by Crippen LogP contribution is 2.22. The fourth-order valence-electron chi connectivity index (χ4n) is 2.17. The number of thiophene rings is 1. The van der Waals surface area contributed by atoms with Gasteiger partial charge in [-0.3, -0.25) is 9.69 Å². The van der Waals surface area contributed by atoms with E-state index in [-0.39, 0.29) is 12.0 Å². The van der Waals surface area contributed by atoms with Crippen LogP contribution in [0.5, 0.6) is 0 Å². The van der Waals surface area contributed by atoms with Crippen molar-refractivity contribution in [1.29, 1.82) is 0 Å². The van der Waals surface area contributed by atoms with Crippen LogP contribution in [0.25, 0.3) is 0 Å². The van der Waals surface area contributed by atoms with Crippen LogP contribution in [0.3, 0.4) is 0 Å². The molecule has 0 bridgehead atoms. The number of amides is 1. The van der Waals surface area contributed by atoms with Gasteiger partial charge in [-0.15, -0.1) is 11.3 Å². The number of piperazine rings is 1. The van der Waals surface area contributed by atoms with Gasteiger partial charge in [0.25, 0.3) is 5.91 Å². The molecule has 0 aromatic carbocycles. The lowest BCUT2D eigenvalue weighted by atomic mass is 10.2. The number of β-amino-alcohol motifs (C(OH)–C–C–N with tert-alkyl or cyclic N) is 1. The second-order valence-electron chi connectivity index (χ2n) is 4.79. The molecule has 0 spiro atoms. The number of aliphatic hydroxyl groups is 1. The van der Waals surface area contributed by atoms with Crippen LogP contribution in [0.1, 0.15) is 23.7 Å². The Balaban J connectivity index is 1.84. The molecule has 1 aromatic rings. The van der Waals surface area contributed by atoms with E-state index >= 15 is 0 Å². The van der Waals surface area contributed by atoms with Crippen LogP contribution >= 0.6 is 27.3 Å². The SMILES string of the molecule is CCC(O)CN1CCN(C(=O)c2csc(Br)c2)CC1. The van der Waals surface area contributed by atoms with Crippen molar-refractivity contribution in [3.8, 4) is 0 Å². The maximum atomic E-state index is 12.2. The maximum Gasteiger partial charge on any atom is 0.254 e. The van der Waals surface area contributed by atoms with E-state index in [0.717, 1.165) is 41.9 Å². The molecule has 1 saturated heterocycles. The Kier molecular flexibility index (Phi) is 5.38. The first-order chi connectivity index (χ1) is 9.10. The van der Waals surface area contributed by atoms with Gasteiger partial charge in [0.15, 0.2) is 0 Å². The third-order valence-corrected chi connectivity index (χ3v) is 4.92. The van der Waals surface area contributed by atoms with E-state index in [9.17, 15) is 9.90 Å². The molecule has 1 aliphatic rings. The number of hydrogen-bond acceptors (Lipinski definition) is 4. The molecule has 0 radical (unpaired) electrons. The topological polar surface area (TPSA) is 43.8 Å². The number of rotatable bonds is 4. The molecule has 106 valence electrons. The summed E-state index contributed by atoms with van der Waals surface area (Å²) in [7, 11) is 0. The largest absolute Gasteiger partial charge is 0.392 e. The number of aliphatic hydroxyl groups excluding tert-OH is 1. The lowest BCUT2D eigenvalue weighted by Gasteiger charge is -2.35. The molecule has 2 heterocycles. The Morgan fingerprint density at radius 3 is 2.68 bits per heavy atom. The molecule has 1 aliphatic heterocycles. The van der Waals surface area contributed by atoms with Crippen LogP contribution < -0.4 is 0 Å². The normalized spacial score (nSPS) is 18.6. The van der Waals surface area contributed by atoms with Gasteiger partial charge < -0.3 is 10.0 Å². The zero-order chi connectivity index (χ0) is 13.8. The second kappa shape index (κ2) is 6.83. The van der Waals surface area contributed by atoms with Gasteiger partial charge in [-0.1, -0.05) is 6.92 Å². The van der Waals surface area contributed by atoms with Crippen molar-refractivity contribution < 1.29 is 9.90 Å². The number of hydrogen-bond donors (Lipinski definition) is 1. The number of carbonyl (C=O) groups is 1. The summed E-state index contributed by atoms with van der Waals surface area (Å²) in [5.41, 5.74) is 0.763. The first-order valence-electron chi connectivity index (χ1n) is 6.54. The van der Waals surface area contributed by atoms with Gasteiger partial charge >= 0.3 is 0 Å². The fourth-order valence-corrected chi connectivity index (χ4v) is 3.30. The Bertz CT molecular complexity index is 430. The van der Waals surface area contributed by atoms with Gasteiger partial charge in [0.1, 0.15) is 0 Å². The quantitative estimate of drug-likeness (QED) is 0.907. The Morgan fingerprint density at radius 1 is 1.47 bits per heavy atom. The van der Waals surface area contributed by atoms with Crippen molar-refractivity contribution in [3.63, 3.8) is 0 Å². The highest BCUT2D eigenvalue weighted by Gasteiger charge is 2.23. The van der Waals surface area contributed by atoms with Gasteiger partial charge in [-0.2, -0.15) is 0 Å². The third-order valence-electron chi connectivity index (χ3n) is 3.41. The summed E-state index contributed by atoms with van der Waals surface area (Å²) in [5.74, 6) is 0.109. The Hall–Kier alpha value is -0.430. The van der Waals surface area contributed by atoms with Gasteiger partial charge in [-0.25, -0.2) is 0 Å². The Labute approximate surface area is 126 Å². The van der Waals surface area contributed by atoms with E-state index in [2.05, 4.69) is 20.8 Å². The van der Waals surface area contributed by atoms with Gasteiger partial charge in [0.2, 0.25) is 0 Å². The maximum absolute atomic E-state index is 12.2. The van der Waals surface area contributed by atoms with Crippen LogP contribution in [0.4, 0.5) is 0 Å². The minimum atomic E-state index is -0.255. The molecule has 6 heteroatoms. The predicted octanol–water partition coefficient (Wildman–Crippen LogP) is 2.04. The van der Waals surface area contributed by atoms with E-state index in [4.69, 9.17) is 0 Å². The van der Waals surface area contributed by atoms with Crippen molar-refractivity contribution in [2.24, 2.45) is 0 Å². The lowest BCUT2D eigenvalue weighted by molar-refractivity contribution is 0.0524. The first-order valence-corrected chi connectivity index (χ1v) is 8.21. The molecule has 0 aliphatic carbocycles. The smallest absolute Gasteiger partial charge is 0.254 e. The van der Waals surface area contributed by atoms with Crippen LogP contribution in [-0.2, 0) is 0 Å². The fraction of sp³-hybridized carbons (Fsp3) is 0.615.